The summed E-state index contributed by atoms with van der Waals surface area (Å²) in [7, 11) is 1.41. The van der Waals surface area contributed by atoms with Crippen molar-refractivity contribution in [2.45, 2.75) is 40.2 Å². The van der Waals surface area contributed by atoms with Gasteiger partial charge in [-0.15, -0.1) is 0 Å². The van der Waals surface area contributed by atoms with Crippen LogP contribution in [-0.4, -0.2) is 53.8 Å². The minimum Gasteiger partial charge on any atom is -0.490 e. The number of nitro benzene ring substituents is 1. The molecule has 26 heavy (non-hydrogen) atoms. The highest BCUT2D eigenvalue weighted by Crippen LogP contribution is 2.37. The van der Waals surface area contributed by atoms with Gasteiger partial charge in [0.25, 0.3) is 0 Å². The van der Waals surface area contributed by atoms with E-state index in [9.17, 15) is 20.0 Å². The third-order valence-electron chi connectivity index (χ3n) is 4.88. The van der Waals surface area contributed by atoms with Gasteiger partial charge in [0.15, 0.2) is 5.75 Å². The van der Waals surface area contributed by atoms with Crippen molar-refractivity contribution in [1.29, 1.82) is 0 Å². The molecule has 1 atom stereocenters. The largest absolute Gasteiger partial charge is 0.490 e. The number of aryl methyl sites for hydroxylation is 1. The Morgan fingerprint density at radius 1 is 1.35 bits per heavy atom. The van der Waals surface area contributed by atoms with Gasteiger partial charge in [0.1, 0.15) is 0 Å². The van der Waals surface area contributed by atoms with Gasteiger partial charge in [-0.25, -0.2) is 4.79 Å². The molecule has 1 fully saturated rings. The van der Waals surface area contributed by atoms with Crippen LogP contribution in [0, 0.1) is 22.5 Å². The van der Waals surface area contributed by atoms with E-state index in [4.69, 9.17) is 4.74 Å². The average Bonchev–Trinajstić information content (AvgIpc) is 2.77. The van der Waals surface area contributed by atoms with Crippen LogP contribution in [0.15, 0.2) is 12.1 Å². The maximum atomic E-state index is 11.7. The zero-order valence-electron chi connectivity index (χ0n) is 16.0. The third kappa shape index (κ3) is 4.00. The van der Waals surface area contributed by atoms with E-state index in [0.717, 1.165) is 11.3 Å². The zero-order chi connectivity index (χ0) is 19.6. The van der Waals surface area contributed by atoms with Crippen molar-refractivity contribution in [1.82, 2.24) is 4.90 Å². The number of benzene rings is 1. The fraction of sp³-hybridized carbons (Fsp3) is 0.611. The van der Waals surface area contributed by atoms with Crippen molar-refractivity contribution in [2.24, 2.45) is 5.41 Å². The van der Waals surface area contributed by atoms with Crippen LogP contribution >= 0.6 is 0 Å². The summed E-state index contributed by atoms with van der Waals surface area (Å²) in [6.07, 6.45) is -0.220. The van der Waals surface area contributed by atoms with Crippen LogP contribution in [0.3, 0.4) is 0 Å². The predicted molar refractivity (Wildman–Crippen MR) is 99.2 cm³/mol. The predicted octanol–water partition coefficient (Wildman–Crippen LogP) is 3.52. The van der Waals surface area contributed by atoms with E-state index < -0.39 is 11.0 Å². The van der Waals surface area contributed by atoms with Crippen molar-refractivity contribution in [3.8, 4) is 5.75 Å². The number of amides is 1. The van der Waals surface area contributed by atoms with Crippen LogP contribution < -0.4 is 9.64 Å². The van der Waals surface area contributed by atoms with E-state index in [1.807, 2.05) is 27.7 Å². The number of carboxylic acid groups (broad SMARTS) is 1. The quantitative estimate of drug-likeness (QED) is 0.650. The van der Waals surface area contributed by atoms with E-state index in [2.05, 4.69) is 4.90 Å². The van der Waals surface area contributed by atoms with E-state index in [0.29, 0.717) is 26.1 Å². The Bertz CT molecular complexity index is 699. The molecular formula is C18H27N3O5. The highest BCUT2D eigenvalue weighted by molar-refractivity contribution is 5.67. The van der Waals surface area contributed by atoms with Crippen LogP contribution in [-0.2, 0) is 0 Å². The van der Waals surface area contributed by atoms with Gasteiger partial charge in [-0.3, -0.25) is 10.1 Å². The number of anilines is 1. The van der Waals surface area contributed by atoms with Gasteiger partial charge in [-0.05, 0) is 24.3 Å². The first-order chi connectivity index (χ1) is 12.1. The third-order valence-corrected chi connectivity index (χ3v) is 4.88. The summed E-state index contributed by atoms with van der Waals surface area (Å²) in [5.74, 6) is 0.210. The molecule has 8 nitrogen and oxygen atoms in total. The van der Waals surface area contributed by atoms with Crippen LogP contribution in [0.1, 0.15) is 32.8 Å². The molecule has 0 bridgehead atoms. The summed E-state index contributed by atoms with van der Waals surface area (Å²) in [4.78, 5) is 26.1. The Morgan fingerprint density at radius 2 is 2.00 bits per heavy atom. The Kier molecular flexibility index (Phi) is 5.63. The number of carbonyl (C=O) groups is 1. The SMILES string of the molecule is COc1cc(N2CCCN(C(=O)O)C(C(C)(C)C)C2)c(C)cc1[N+](=O)[O-]. The number of nitro groups is 1. The zero-order valence-corrected chi connectivity index (χ0v) is 16.0. The van der Waals surface area contributed by atoms with Crippen molar-refractivity contribution >= 4 is 17.5 Å². The van der Waals surface area contributed by atoms with Gasteiger partial charge in [-0.2, -0.15) is 0 Å². The fourth-order valence-corrected chi connectivity index (χ4v) is 3.48. The molecular weight excluding hydrogens is 338 g/mol. The minimum atomic E-state index is -0.912. The number of rotatable bonds is 3. The topological polar surface area (TPSA) is 96.2 Å². The lowest BCUT2D eigenvalue weighted by Crippen LogP contribution is -2.51. The molecule has 1 saturated heterocycles. The molecule has 1 aliphatic heterocycles. The normalized spacial score (nSPS) is 18.4. The molecule has 1 aliphatic rings. The Hall–Kier alpha value is -2.51. The Labute approximate surface area is 153 Å². The second-order valence-electron chi connectivity index (χ2n) is 7.73. The monoisotopic (exact) mass is 365 g/mol. The first-order valence-corrected chi connectivity index (χ1v) is 8.63. The average molecular weight is 365 g/mol. The number of nitrogens with zero attached hydrogens (tertiary/aromatic N) is 3. The maximum absolute atomic E-state index is 11.7. The summed E-state index contributed by atoms with van der Waals surface area (Å²) >= 11 is 0. The molecule has 2 rings (SSSR count). The minimum absolute atomic E-state index is 0.0666. The Balaban J connectivity index is 2.45. The standard InChI is InChI=1S/C18H27N3O5/c1-12-9-14(21(24)25)15(26-5)10-13(12)19-7-6-8-20(17(22)23)16(11-19)18(2,3)4/h9-10,16H,6-8,11H2,1-5H3,(H,22,23). The molecule has 1 amide bonds. The Morgan fingerprint density at radius 3 is 2.50 bits per heavy atom. The molecule has 8 heteroatoms. The second kappa shape index (κ2) is 7.39. The van der Waals surface area contributed by atoms with Crippen molar-refractivity contribution in [3.05, 3.63) is 27.8 Å². The number of hydrogen-bond donors (Lipinski definition) is 1. The van der Waals surface area contributed by atoms with E-state index >= 15 is 0 Å². The molecule has 1 aromatic carbocycles. The lowest BCUT2D eigenvalue weighted by Gasteiger charge is -2.39. The van der Waals surface area contributed by atoms with Gasteiger partial charge < -0.3 is 19.6 Å². The smallest absolute Gasteiger partial charge is 0.407 e. The van der Waals surface area contributed by atoms with Gasteiger partial charge >= 0.3 is 11.8 Å². The summed E-state index contributed by atoms with van der Waals surface area (Å²) in [5.41, 5.74) is 1.31. The van der Waals surface area contributed by atoms with Crippen LogP contribution in [0.25, 0.3) is 0 Å². The highest BCUT2D eigenvalue weighted by Gasteiger charge is 2.37. The van der Waals surface area contributed by atoms with Crippen LogP contribution in [0.4, 0.5) is 16.2 Å². The summed E-state index contributed by atoms with van der Waals surface area (Å²) in [6.45, 7) is 9.58. The second-order valence-corrected chi connectivity index (χ2v) is 7.73. The van der Waals surface area contributed by atoms with Gasteiger partial charge in [-0.1, -0.05) is 20.8 Å². The van der Waals surface area contributed by atoms with Gasteiger partial charge in [0, 0.05) is 37.5 Å². The van der Waals surface area contributed by atoms with E-state index in [-0.39, 0.29) is 22.9 Å². The van der Waals surface area contributed by atoms with Crippen molar-refractivity contribution in [3.63, 3.8) is 0 Å². The lowest BCUT2D eigenvalue weighted by molar-refractivity contribution is -0.385. The van der Waals surface area contributed by atoms with Gasteiger partial charge in [0.05, 0.1) is 18.1 Å². The highest BCUT2D eigenvalue weighted by atomic mass is 16.6. The summed E-state index contributed by atoms with van der Waals surface area (Å²) < 4.78 is 5.20. The summed E-state index contributed by atoms with van der Waals surface area (Å²) in [6, 6.07) is 3.01. The molecule has 144 valence electrons. The van der Waals surface area contributed by atoms with Crippen LogP contribution in [0.5, 0.6) is 5.75 Å². The fourth-order valence-electron chi connectivity index (χ4n) is 3.48. The van der Waals surface area contributed by atoms with E-state index in [1.54, 1.807) is 6.07 Å². The molecule has 1 aromatic rings. The number of hydrogen-bond acceptors (Lipinski definition) is 5. The molecule has 0 aromatic heterocycles. The maximum Gasteiger partial charge on any atom is 0.407 e. The number of ether oxygens (including phenoxy) is 1. The lowest BCUT2D eigenvalue weighted by atomic mass is 9.85. The first kappa shape index (κ1) is 19.8. The van der Waals surface area contributed by atoms with E-state index in [1.165, 1.54) is 18.1 Å². The van der Waals surface area contributed by atoms with Crippen LogP contribution in [0.2, 0.25) is 0 Å². The summed E-state index contributed by atoms with van der Waals surface area (Å²) in [5, 5.41) is 20.8. The molecule has 1 N–H and O–H groups in total. The molecule has 0 spiro atoms. The molecule has 1 heterocycles. The van der Waals surface area contributed by atoms with Gasteiger partial charge in [0.2, 0.25) is 0 Å². The molecule has 1 unspecified atom stereocenters. The molecule has 0 saturated carbocycles. The molecule has 0 aliphatic carbocycles. The van der Waals surface area contributed by atoms with Crippen molar-refractivity contribution < 1.29 is 19.6 Å². The van der Waals surface area contributed by atoms with Crippen molar-refractivity contribution in [2.75, 3.05) is 31.6 Å². The number of methoxy groups -OCH3 is 1. The first-order valence-electron chi connectivity index (χ1n) is 8.63. The molecule has 0 radical (unpaired) electrons.